The van der Waals surface area contributed by atoms with Crippen LogP contribution in [-0.4, -0.2) is 19.9 Å². The monoisotopic (exact) mass is 804 g/mol. The first-order valence-corrected chi connectivity index (χ1v) is 21.1. The van der Waals surface area contributed by atoms with Crippen LogP contribution < -0.4 is 0 Å². The molecular formula is C58H36N4O. The Balaban J connectivity index is 0.949. The Morgan fingerprint density at radius 1 is 0.254 bits per heavy atom. The summed E-state index contributed by atoms with van der Waals surface area (Å²) in [6.45, 7) is 0. The lowest BCUT2D eigenvalue weighted by molar-refractivity contribution is 0.669. The number of rotatable bonds is 7. The SMILES string of the molecule is c1ccc(-c2ccc(-c3nc(-c4ccc(-c5ccccc5)cc4)nc(-c4ccc(-c5ccc6oc7ccc8c(-c9ccccc9)nc9ccccc9c8c7c6c5)cc4)n3)cc2)cc1. The third kappa shape index (κ3) is 6.60. The van der Waals surface area contributed by atoms with E-state index in [2.05, 4.69) is 200 Å². The van der Waals surface area contributed by atoms with Gasteiger partial charge in [-0.2, -0.15) is 0 Å². The molecule has 0 N–H and O–H groups in total. The van der Waals surface area contributed by atoms with Crippen LogP contribution in [0.15, 0.2) is 223 Å². The van der Waals surface area contributed by atoms with Crippen LogP contribution in [0.4, 0.5) is 0 Å². The van der Waals surface area contributed by atoms with E-state index in [1.54, 1.807) is 0 Å². The molecule has 0 aliphatic heterocycles. The van der Waals surface area contributed by atoms with Crippen molar-refractivity contribution in [3.8, 4) is 78.8 Å². The zero-order valence-electron chi connectivity index (χ0n) is 34.0. The third-order valence-electron chi connectivity index (χ3n) is 12.0. The highest BCUT2D eigenvalue weighted by Gasteiger charge is 2.19. The predicted octanol–water partition coefficient (Wildman–Crippen LogP) is 15.1. The minimum absolute atomic E-state index is 0.610. The second-order valence-electron chi connectivity index (χ2n) is 15.8. The van der Waals surface area contributed by atoms with Gasteiger partial charge in [-0.25, -0.2) is 19.9 Å². The molecule has 9 aromatic carbocycles. The van der Waals surface area contributed by atoms with Crippen molar-refractivity contribution in [3.05, 3.63) is 218 Å². The van der Waals surface area contributed by atoms with E-state index in [-0.39, 0.29) is 0 Å². The fraction of sp³-hybridized carbons (Fsp3) is 0. The number of nitrogens with zero attached hydrogens (tertiary/aromatic N) is 4. The fourth-order valence-corrected chi connectivity index (χ4v) is 8.76. The topological polar surface area (TPSA) is 64.7 Å². The van der Waals surface area contributed by atoms with Crippen LogP contribution in [0.1, 0.15) is 0 Å². The van der Waals surface area contributed by atoms with E-state index in [9.17, 15) is 0 Å². The van der Waals surface area contributed by atoms with Crippen LogP contribution in [0.3, 0.4) is 0 Å². The van der Waals surface area contributed by atoms with Gasteiger partial charge < -0.3 is 4.42 Å². The van der Waals surface area contributed by atoms with Gasteiger partial charge in [0.2, 0.25) is 0 Å². The van der Waals surface area contributed by atoms with Crippen molar-refractivity contribution in [2.24, 2.45) is 0 Å². The van der Waals surface area contributed by atoms with Crippen molar-refractivity contribution < 1.29 is 4.42 Å². The summed E-state index contributed by atoms with van der Waals surface area (Å²) in [5.41, 5.74) is 14.2. The molecule has 12 aromatic rings. The van der Waals surface area contributed by atoms with E-state index in [4.69, 9.17) is 24.4 Å². The van der Waals surface area contributed by atoms with Gasteiger partial charge in [-0.1, -0.05) is 188 Å². The Bertz CT molecular complexity index is 3520. The Labute approximate surface area is 363 Å². The lowest BCUT2D eigenvalue weighted by Crippen LogP contribution is -2.00. The van der Waals surface area contributed by atoms with E-state index >= 15 is 0 Å². The van der Waals surface area contributed by atoms with E-state index in [0.29, 0.717) is 17.5 Å². The van der Waals surface area contributed by atoms with Crippen molar-refractivity contribution in [2.45, 2.75) is 0 Å². The minimum Gasteiger partial charge on any atom is -0.456 e. The van der Waals surface area contributed by atoms with Crippen molar-refractivity contribution in [1.29, 1.82) is 0 Å². The summed E-state index contributed by atoms with van der Waals surface area (Å²) < 4.78 is 6.53. The zero-order valence-corrected chi connectivity index (χ0v) is 34.0. The molecule has 0 aliphatic rings. The summed E-state index contributed by atoms with van der Waals surface area (Å²) in [5.74, 6) is 1.85. The highest BCUT2D eigenvalue weighted by atomic mass is 16.3. The summed E-state index contributed by atoms with van der Waals surface area (Å²) in [7, 11) is 0. The molecule has 0 saturated carbocycles. The third-order valence-corrected chi connectivity index (χ3v) is 12.0. The second-order valence-corrected chi connectivity index (χ2v) is 15.8. The first-order chi connectivity index (χ1) is 31.2. The van der Waals surface area contributed by atoms with E-state index in [1.165, 1.54) is 0 Å². The van der Waals surface area contributed by atoms with Crippen LogP contribution in [0.2, 0.25) is 0 Å². The number of para-hydroxylation sites is 1. The molecule has 5 nitrogen and oxygen atoms in total. The first kappa shape index (κ1) is 36.3. The lowest BCUT2D eigenvalue weighted by atomic mass is 9.95. The lowest BCUT2D eigenvalue weighted by Gasteiger charge is -2.11. The predicted molar refractivity (Wildman–Crippen MR) is 258 cm³/mol. The molecule has 0 unspecified atom stereocenters. The van der Waals surface area contributed by atoms with Gasteiger partial charge in [0.25, 0.3) is 0 Å². The molecule has 63 heavy (non-hydrogen) atoms. The molecule has 0 aliphatic carbocycles. The van der Waals surface area contributed by atoms with Gasteiger partial charge >= 0.3 is 0 Å². The van der Waals surface area contributed by atoms with Gasteiger partial charge in [0, 0.05) is 49.2 Å². The van der Waals surface area contributed by atoms with Gasteiger partial charge in [-0.05, 0) is 63.7 Å². The maximum atomic E-state index is 6.53. The summed E-state index contributed by atoms with van der Waals surface area (Å²) in [6.07, 6.45) is 0. The maximum absolute atomic E-state index is 6.53. The molecular weight excluding hydrogens is 769 g/mol. The highest BCUT2D eigenvalue weighted by Crippen LogP contribution is 2.42. The van der Waals surface area contributed by atoms with Crippen molar-refractivity contribution in [1.82, 2.24) is 19.9 Å². The molecule has 0 radical (unpaired) electrons. The molecule has 0 amide bonds. The number of aromatic nitrogens is 4. The number of fused-ring (bicyclic) bond motifs is 7. The van der Waals surface area contributed by atoms with Gasteiger partial charge in [0.15, 0.2) is 17.5 Å². The van der Waals surface area contributed by atoms with Gasteiger partial charge in [0.1, 0.15) is 11.2 Å². The van der Waals surface area contributed by atoms with E-state index in [0.717, 1.165) is 105 Å². The van der Waals surface area contributed by atoms with Crippen LogP contribution in [0, 0.1) is 0 Å². The molecule has 3 aromatic heterocycles. The zero-order chi connectivity index (χ0) is 41.7. The van der Waals surface area contributed by atoms with Crippen LogP contribution in [-0.2, 0) is 0 Å². The number of hydrogen-bond acceptors (Lipinski definition) is 5. The minimum atomic E-state index is 0.610. The number of pyridine rings is 1. The molecule has 0 atom stereocenters. The molecule has 12 rings (SSSR count). The number of benzene rings is 9. The number of furan rings is 1. The van der Waals surface area contributed by atoms with E-state index < -0.39 is 0 Å². The Kier molecular flexibility index (Phi) is 8.75. The van der Waals surface area contributed by atoms with Crippen molar-refractivity contribution in [2.75, 3.05) is 0 Å². The number of hydrogen-bond donors (Lipinski definition) is 0. The average molecular weight is 805 g/mol. The van der Waals surface area contributed by atoms with Crippen molar-refractivity contribution in [3.63, 3.8) is 0 Å². The van der Waals surface area contributed by atoms with Crippen LogP contribution in [0.5, 0.6) is 0 Å². The Morgan fingerprint density at radius 2 is 0.667 bits per heavy atom. The Morgan fingerprint density at radius 3 is 1.21 bits per heavy atom. The van der Waals surface area contributed by atoms with Gasteiger partial charge in [-0.15, -0.1) is 0 Å². The summed E-state index contributed by atoms with van der Waals surface area (Å²) in [4.78, 5) is 20.4. The van der Waals surface area contributed by atoms with Crippen molar-refractivity contribution >= 4 is 43.6 Å². The largest absolute Gasteiger partial charge is 0.456 e. The first-order valence-electron chi connectivity index (χ1n) is 21.1. The standard InChI is InChI=1S/C58H36N4O/c1-4-12-37(13-5-1)39-20-26-43(27-21-39)56-60-57(44-28-22-40(23-29-44)38-14-6-2-7-15-38)62-58(61-56)45-30-24-41(25-31-45)46-32-34-51-49(36-46)54-52(63-51)35-33-48-53(54)47-18-10-11-19-50(47)59-55(48)42-16-8-3-9-17-42/h1-36H. The molecule has 3 heterocycles. The highest BCUT2D eigenvalue weighted by molar-refractivity contribution is 6.28. The molecule has 0 bridgehead atoms. The van der Waals surface area contributed by atoms with E-state index in [1.807, 2.05) is 18.2 Å². The molecule has 5 heteroatoms. The molecule has 294 valence electrons. The average Bonchev–Trinajstić information content (AvgIpc) is 3.75. The maximum Gasteiger partial charge on any atom is 0.164 e. The van der Waals surface area contributed by atoms with Gasteiger partial charge in [-0.3, -0.25) is 0 Å². The second kappa shape index (κ2) is 15.2. The molecule has 0 spiro atoms. The summed E-state index contributed by atoms with van der Waals surface area (Å²) >= 11 is 0. The summed E-state index contributed by atoms with van der Waals surface area (Å²) in [5, 5.41) is 5.51. The molecule has 0 saturated heterocycles. The fourth-order valence-electron chi connectivity index (χ4n) is 8.76. The smallest absolute Gasteiger partial charge is 0.164 e. The molecule has 0 fully saturated rings. The summed E-state index contributed by atoms with van der Waals surface area (Å²) in [6, 6.07) is 75.7. The van der Waals surface area contributed by atoms with Crippen LogP contribution in [0.25, 0.3) is 122 Å². The Hall–Kier alpha value is -8.54. The van der Waals surface area contributed by atoms with Crippen LogP contribution >= 0.6 is 0 Å². The van der Waals surface area contributed by atoms with Gasteiger partial charge in [0.05, 0.1) is 11.2 Å². The quantitative estimate of drug-likeness (QED) is 0.150. The normalized spacial score (nSPS) is 11.5.